The van der Waals surface area contributed by atoms with Crippen molar-refractivity contribution in [3.8, 4) is 0 Å². The lowest BCUT2D eigenvalue weighted by atomic mass is 10.1. The number of carbonyl (C=O) groups is 1. The molecule has 0 atom stereocenters. The summed E-state index contributed by atoms with van der Waals surface area (Å²) in [5.41, 5.74) is 1.63. The lowest BCUT2D eigenvalue weighted by Gasteiger charge is -2.15. The van der Waals surface area contributed by atoms with Crippen LogP contribution in [0.2, 0.25) is 0 Å². The molecule has 0 saturated carbocycles. The van der Waals surface area contributed by atoms with E-state index in [1.807, 2.05) is 19.9 Å². The first-order chi connectivity index (χ1) is 7.62. The highest BCUT2D eigenvalue weighted by molar-refractivity contribution is 5.94. The maximum atomic E-state index is 12.0. The predicted octanol–water partition coefficient (Wildman–Crippen LogP) is 1.78. The number of nitrogens with one attached hydrogen (secondary N) is 1. The number of amides is 1. The molecule has 4 heteroatoms. The summed E-state index contributed by atoms with van der Waals surface area (Å²) in [6.07, 6.45) is 0.825. The Labute approximate surface area is 96.7 Å². The molecule has 0 aliphatic heterocycles. The maximum absolute atomic E-state index is 12.0. The monoisotopic (exact) mass is 221 g/mol. The minimum atomic E-state index is 0.0381. The van der Waals surface area contributed by atoms with Crippen molar-refractivity contribution in [2.24, 2.45) is 0 Å². The summed E-state index contributed by atoms with van der Waals surface area (Å²) in [6, 6.07) is 3.64. The zero-order valence-electron chi connectivity index (χ0n) is 10.4. The second-order valence-corrected chi connectivity index (χ2v) is 3.66. The van der Waals surface area contributed by atoms with Gasteiger partial charge in [-0.15, -0.1) is 0 Å². The van der Waals surface area contributed by atoms with Crippen molar-refractivity contribution in [3.05, 3.63) is 23.4 Å². The predicted molar refractivity (Wildman–Crippen MR) is 65.8 cm³/mol. The Bertz CT molecular complexity index is 354. The third-order valence-electron chi connectivity index (χ3n) is 2.56. The summed E-state index contributed by atoms with van der Waals surface area (Å²) in [4.78, 5) is 18.0. The number of rotatable bonds is 4. The SMILES string of the molecule is CCc1cc(C(=O)N(C)CC)cc(NC)n1. The third-order valence-corrected chi connectivity index (χ3v) is 2.56. The molecular weight excluding hydrogens is 202 g/mol. The van der Waals surface area contributed by atoms with Crippen molar-refractivity contribution in [1.82, 2.24) is 9.88 Å². The van der Waals surface area contributed by atoms with E-state index in [1.165, 1.54) is 0 Å². The number of aryl methyl sites for hydroxylation is 1. The van der Waals surface area contributed by atoms with E-state index in [4.69, 9.17) is 0 Å². The quantitative estimate of drug-likeness (QED) is 0.843. The number of anilines is 1. The minimum absolute atomic E-state index is 0.0381. The van der Waals surface area contributed by atoms with Gasteiger partial charge in [0, 0.05) is 31.9 Å². The summed E-state index contributed by atoms with van der Waals surface area (Å²) in [6.45, 7) is 4.69. The van der Waals surface area contributed by atoms with Crippen molar-refractivity contribution < 1.29 is 4.79 Å². The largest absolute Gasteiger partial charge is 0.373 e. The van der Waals surface area contributed by atoms with Gasteiger partial charge in [-0.25, -0.2) is 4.98 Å². The van der Waals surface area contributed by atoms with Gasteiger partial charge in [0.05, 0.1) is 0 Å². The van der Waals surface area contributed by atoms with Gasteiger partial charge in [-0.3, -0.25) is 4.79 Å². The molecule has 0 fully saturated rings. The molecular formula is C12H19N3O. The Balaban J connectivity index is 3.07. The van der Waals surface area contributed by atoms with Gasteiger partial charge in [0.1, 0.15) is 5.82 Å². The van der Waals surface area contributed by atoms with Gasteiger partial charge >= 0.3 is 0 Å². The average Bonchev–Trinajstić information content (AvgIpc) is 2.35. The summed E-state index contributed by atoms with van der Waals surface area (Å²) in [5.74, 6) is 0.781. The maximum Gasteiger partial charge on any atom is 0.253 e. The van der Waals surface area contributed by atoms with Crippen LogP contribution in [0.5, 0.6) is 0 Å². The van der Waals surface area contributed by atoms with Crippen LogP contribution in [0.25, 0.3) is 0 Å². The summed E-state index contributed by atoms with van der Waals surface area (Å²) < 4.78 is 0. The molecule has 0 bridgehead atoms. The summed E-state index contributed by atoms with van der Waals surface area (Å²) >= 11 is 0. The second kappa shape index (κ2) is 5.49. The molecule has 4 nitrogen and oxygen atoms in total. The first kappa shape index (κ1) is 12.5. The molecule has 0 saturated heterocycles. The Morgan fingerprint density at radius 1 is 1.44 bits per heavy atom. The van der Waals surface area contributed by atoms with E-state index in [9.17, 15) is 4.79 Å². The molecule has 1 aromatic rings. The van der Waals surface area contributed by atoms with Gasteiger partial charge in [0.15, 0.2) is 0 Å². The molecule has 88 valence electrons. The van der Waals surface area contributed by atoms with Crippen LogP contribution in [0.15, 0.2) is 12.1 Å². The fourth-order valence-corrected chi connectivity index (χ4v) is 1.38. The van der Waals surface area contributed by atoms with Crippen LogP contribution in [-0.2, 0) is 6.42 Å². The van der Waals surface area contributed by atoms with Crippen molar-refractivity contribution in [2.45, 2.75) is 20.3 Å². The Hall–Kier alpha value is -1.58. The van der Waals surface area contributed by atoms with Crippen LogP contribution in [-0.4, -0.2) is 36.4 Å². The summed E-state index contributed by atoms with van der Waals surface area (Å²) in [5, 5.41) is 2.97. The van der Waals surface area contributed by atoms with Gasteiger partial charge in [-0.05, 0) is 25.5 Å². The van der Waals surface area contributed by atoms with E-state index in [0.717, 1.165) is 17.9 Å². The van der Waals surface area contributed by atoms with Gasteiger partial charge < -0.3 is 10.2 Å². The van der Waals surface area contributed by atoms with Crippen molar-refractivity contribution in [2.75, 3.05) is 26.0 Å². The highest BCUT2D eigenvalue weighted by Crippen LogP contribution is 2.12. The third kappa shape index (κ3) is 2.72. The van der Waals surface area contributed by atoms with Crippen molar-refractivity contribution >= 4 is 11.7 Å². The first-order valence-corrected chi connectivity index (χ1v) is 5.56. The number of hydrogen-bond donors (Lipinski definition) is 1. The van der Waals surface area contributed by atoms with Crippen LogP contribution >= 0.6 is 0 Å². The molecule has 1 rings (SSSR count). The zero-order valence-corrected chi connectivity index (χ0v) is 10.4. The Kier molecular flexibility index (Phi) is 4.28. The van der Waals surface area contributed by atoms with E-state index in [0.29, 0.717) is 12.1 Å². The number of nitrogens with zero attached hydrogens (tertiary/aromatic N) is 2. The van der Waals surface area contributed by atoms with Crippen LogP contribution in [0.4, 0.5) is 5.82 Å². The Morgan fingerprint density at radius 3 is 2.62 bits per heavy atom. The van der Waals surface area contributed by atoms with Crippen molar-refractivity contribution in [1.29, 1.82) is 0 Å². The highest BCUT2D eigenvalue weighted by atomic mass is 16.2. The molecule has 0 unspecified atom stereocenters. The first-order valence-electron chi connectivity index (χ1n) is 5.56. The number of carbonyl (C=O) groups excluding carboxylic acids is 1. The normalized spacial score (nSPS) is 10.0. The second-order valence-electron chi connectivity index (χ2n) is 3.66. The molecule has 1 aromatic heterocycles. The molecule has 0 aliphatic carbocycles. The lowest BCUT2D eigenvalue weighted by molar-refractivity contribution is 0.0802. The van der Waals surface area contributed by atoms with Gasteiger partial charge in [-0.1, -0.05) is 6.92 Å². The number of aromatic nitrogens is 1. The van der Waals surface area contributed by atoms with Crippen molar-refractivity contribution in [3.63, 3.8) is 0 Å². The van der Waals surface area contributed by atoms with Gasteiger partial charge in [0.2, 0.25) is 0 Å². The molecule has 1 N–H and O–H groups in total. The van der Waals surface area contributed by atoms with Crippen LogP contribution in [0.3, 0.4) is 0 Å². The van der Waals surface area contributed by atoms with Crippen LogP contribution < -0.4 is 5.32 Å². The molecule has 0 spiro atoms. The van der Waals surface area contributed by atoms with Gasteiger partial charge in [0.25, 0.3) is 5.91 Å². The highest BCUT2D eigenvalue weighted by Gasteiger charge is 2.12. The van der Waals surface area contributed by atoms with Crippen LogP contribution in [0, 0.1) is 0 Å². The van der Waals surface area contributed by atoms with E-state index in [1.54, 1.807) is 25.1 Å². The zero-order chi connectivity index (χ0) is 12.1. The molecule has 16 heavy (non-hydrogen) atoms. The van der Waals surface area contributed by atoms with E-state index < -0.39 is 0 Å². The molecule has 1 amide bonds. The number of hydrogen-bond acceptors (Lipinski definition) is 3. The fourth-order valence-electron chi connectivity index (χ4n) is 1.38. The molecule has 1 heterocycles. The minimum Gasteiger partial charge on any atom is -0.373 e. The molecule has 0 aromatic carbocycles. The number of pyridine rings is 1. The van der Waals surface area contributed by atoms with E-state index >= 15 is 0 Å². The van der Waals surface area contributed by atoms with E-state index in [-0.39, 0.29) is 5.91 Å². The topological polar surface area (TPSA) is 45.2 Å². The average molecular weight is 221 g/mol. The standard InChI is InChI=1S/C12H19N3O/c1-5-10-7-9(8-11(13-3)14-10)12(16)15(4)6-2/h7-8H,5-6H2,1-4H3,(H,13,14). The lowest BCUT2D eigenvalue weighted by Crippen LogP contribution is -2.26. The molecule has 0 radical (unpaired) electrons. The Morgan fingerprint density at radius 2 is 2.12 bits per heavy atom. The fraction of sp³-hybridized carbons (Fsp3) is 0.500. The van der Waals surface area contributed by atoms with Gasteiger partial charge in [-0.2, -0.15) is 0 Å². The molecule has 0 aliphatic rings. The van der Waals surface area contributed by atoms with Crippen LogP contribution in [0.1, 0.15) is 29.9 Å². The summed E-state index contributed by atoms with van der Waals surface area (Å²) in [7, 11) is 3.60. The smallest absolute Gasteiger partial charge is 0.253 e. The van der Waals surface area contributed by atoms with E-state index in [2.05, 4.69) is 10.3 Å².